The van der Waals surface area contributed by atoms with E-state index in [1.165, 1.54) is 16.2 Å². The molecule has 0 unspecified atom stereocenters. The van der Waals surface area contributed by atoms with Gasteiger partial charge >= 0.3 is 5.97 Å². The minimum Gasteiger partial charge on any atom is -0.496 e. The molecule has 0 aromatic heterocycles. The molecule has 1 saturated carbocycles. The van der Waals surface area contributed by atoms with Gasteiger partial charge in [-0.3, -0.25) is 19.3 Å². The second kappa shape index (κ2) is 12.6. The number of likely N-dealkylation sites (tertiary alicyclic amines) is 1. The maximum Gasteiger partial charge on any atom is 0.306 e. The number of fused-ring (bicyclic) bond motifs is 1. The monoisotopic (exact) mass is 567 g/mol. The van der Waals surface area contributed by atoms with Crippen LogP contribution in [0.1, 0.15) is 61.6 Å². The number of aliphatic carboxylic acids is 1. The van der Waals surface area contributed by atoms with E-state index in [1.807, 2.05) is 12.1 Å². The van der Waals surface area contributed by atoms with Gasteiger partial charge in [0.15, 0.2) is 0 Å². The third-order valence-electron chi connectivity index (χ3n) is 8.62. The van der Waals surface area contributed by atoms with Gasteiger partial charge in [-0.15, -0.1) is 0 Å². The van der Waals surface area contributed by atoms with Gasteiger partial charge in [0.1, 0.15) is 5.75 Å². The van der Waals surface area contributed by atoms with Crippen LogP contribution in [-0.2, 0) is 33.8 Å². The lowest BCUT2D eigenvalue weighted by Gasteiger charge is -2.38. The highest BCUT2D eigenvalue weighted by Gasteiger charge is 2.31. The molecule has 40 heavy (non-hydrogen) atoms. The molecule has 2 aliphatic heterocycles. The van der Waals surface area contributed by atoms with Crippen LogP contribution < -0.4 is 9.75 Å². The van der Waals surface area contributed by atoms with E-state index in [9.17, 15) is 19.5 Å². The number of imide groups is 1. The van der Waals surface area contributed by atoms with Crippen molar-refractivity contribution in [3.8, 4) is 5.75 Å². The summed E-state index contributed by atoms with van der Waals surface area (Å²) in [6.07, 6.45) is 6.30. The molecule has 8 nitrogen and oxygen atoms in total. The van der Waals surface area contributed by atoms with Gasteiger partial charge in [-0.05, 0) is 91.8 Å². The molecule has 0 radical (unpaired) electrons. The van der Waals surface area contributed by atoms with Crippen LogP contribution in [0.15, 0.2) is 36.4 Å². The van der Waals surface area contributed by atoms with E-state index in [4.69, 9.17) is 16.3 Å². The quantitative estimate of drug-likeness (QED) is 0.378. The zero-order valence-corrected chi connectivity index (χ0v) is 23.9. The van der Waals surface area contributed by atoms with E-state index in [0.29, 0.717) is 38.3 Å². The number of carboxylic acid groups (broad SMARTS) is 1. The summed E-state index contributed by atoms with van der Waals surface area (Å²) in [5, 5.41) is 15.0. The molecule has 2 heterocycles. The van der Waals surface area contributed by atoms with E-state index >= 15 is 0 Å². The smallest absolute Gasteiger partial charge is 0.306 e. The molecule has 2 fully saturated rings. The molecular weight excluding hydrogens is 530 g/mol. The highest BCUT2D eigenvalue weighted by Crippen LogP contribution is 2.35. The molecule has 2 aromatic carbocycles. The second-order valence-corrected chi connectivity index (χ2v) is 11.7. The lowest BCUT2D eigenvalue weighted by Crippen LogP contribution is -2.44. The molecule has 3 aliphatic rings. The first-order valence-corrected chi connectivity index (χ1v) is 14.7. The summed E-state index contributed by atoms with van der Waals surface area (Å²) in [5.74, 6) is 0.199. The van der Waals surface area contributed by atoms with Gasteiger partial charge in [0.05, 0.1) is 18.7 Å². The molecule has 5 rings (SSSR count). The number of nitrogens with zero attached hydrogens (tertiary/aromatic N) is 3. The number of amides is 2. The number of hydrazine groups is 1. The number of anilines is 1. The Kier molecular flexibility index (Phi) is 8.96. The minimum atomic E-state index is -0.675. The average Bonchev–Trinajstić information content (AvgIpc) is 3.51. The molecule has 1 saturated heterocycles. The van der Waals surface area contributed by atoms with Crippen LogP contribution in [0.3, 0.4) is 0 Å². The van der Waals surface area contributed by atoms with E-state index in [-0.39, 0.29) is 17.7 Å². The summed E-state index contributed by atoms with van der Waals surface area (Å²) in [7, 11) is 1.68. The molecule has 2 aromatic rings. The maximum atomic E-state index is 11.9. The highest BCUT2D eigenvalue weighted by molar-refractivity contribution is 6.30. The fourth-order valence-electron chi connectivity index (χ4n) is 6.39. The molecule has 1 N–H and O–H groups in total. The Bertz CT molecular complexity index is 1240. The second-order valence-electron chi connectivity index (χ2n) is 11.2. The van der Waals surface area contributed by atoms with Gasteiger partial charge in [0.2, 0.25) is 11.8 Å². The van der Waals surface area contributed by atoms with E-state index < -0.39 is 5.97 Å². The summed E-state index contributed by atoms with van der Waals surface area (Å²) in [5.41, 5.74) is 4.62. The van der Waals surface area contributed by atoms with Crippen molar-refractivity contribution < 1.29 is 24.2 Å². The molecule has 1 aliphatic carbocycles. The van der Waals surface area contributed by atoms with Gasteiger partial charge in [-0.25, -0.2) is 5.01 Å². The molecule has 0 atom stereocenters. The fourth-order valence-corrected chi connectivity index (χ4v) is 6.58. The van der Waals surface area contributed by atoms with Crippen LogP contribution >= 0.6 is 11.6 Å². The molecule has 214 valence electrons. The van der Waals surface area contributed by atoms with Crippen LogP contribution in [0, 0.1) is 11.8 Å². The number of halogens is 1. The van der Waals surface area contributed by atoms with Crippen molar-refractivity contribution in [3.63, 3.8) is 0 Å². The van der Waals surface area contributed by atoms with E-state index in [2.05, 4.69) is 34.3 Å². The van der Waals surface area contributed by atoms with Gasteiger partial charge < -0.3 is 14.9 Å². The number of methoxy groups -OCH3 is 1. The average molecular weight is 568 g/mol. The topological polar surface area (TPSA) is 90.4 Å². The largest absolute Gasteiger partial charge is 0.496 e. The number of ether oxygens (including phenoxy) is 1. The Labute approximate surface area is 240 Å². The summed E-state index contributed by atoms with van der Waals surface area (Å²) in [6.45, 7) is 2.88. The summed E-state index contributed by atoms with van der Waals surface area (Å²) in [6, 6.07) is 12.4. The highest BCUT2D eigenvalue weighted by atomic mass is 35.5. The number of aryl methyl sites for hydroxylation is 1. The van der Waals surface area contributed by atoms with Gasteiger partial charge in [-0.1, -0.05) is 23.7 Å². The lowest BCUT2D eigenvalue weighted by molar-refractivity contribution is -0.143. The molecular formula is C31H38ClN3O5. The number of carboxylic acids is 1. The fraction of sp³-hybridized carbons (Fsp3) is 0.516. The van der Waals surface area contributed by atoms with Gasteiger partial charge in [-0.2, -0.15) is 0 Å². The predicted octanol–water partition coefficient (Wildman–Crippen LogP) is 5.10. The number of carbonyl (C=O) groups is 3. The van der Waals surface area contributed by atoms with Crippen molar-refractivity contribution in [3.05, 3.63) is 58.1 Å². The number of rotatable bonds is 11. The first-order chi connectivity index (χ1) is 19.3. The third kappa shape index (κ3) is 6.44. The Morgan fingerprint density at radius 3 is 2.50 bits per heavy atom. The van der Waals surface area contributed by atoms with Gasteiger partial charge in [0, 0.05) is 44.0 Å². The molecule has 2 amide bonds. The SMILES string of the molecule is COc1cc(CN(CC2CCC(C(=O)O)CC2)N2CCc3cc(Cl)ccc32)ccc1CCCN1C(=O)CCC1=O. The normalized spacial score (nSPS) is 20.9. The lowest BCUT2D eigenvalue weighted by atomic mass is 9.82. The third-order valence-corrected chi connectivity index (χ3v) is 8.85. The molecule has 9 heteroatoms. The number of hydrogen-bond acceptors (Lipinski definition) is 6. The number of hydrogen-bond donors (Lipinski definition) is 1. The van der Waals surface area contributed by atoms with Crippen molar-refractivity contribution in [1.29, 1.82) is 0 Å². The predicted molar refractivity (Wildman–Crippen MR) is 153 cm³/mol. The Hall–Kier alpha value is -3.10. The minimum absolute atomic E-state index is 0.0744. The number of benzene rings is 2. The summed E-state index contributed by atoms with van der Waals surface area (Å²) < 4.78 is 5.76. The van der Waals surface area contributed by atoms with E-state index in [1.54, 1.807) is 7.11 Å². The molecule has 0 spiro atoms. The standard InChI is InChI=1S/C31H38ClN3O5/c1-40-28-17-22(6-7-23(28)3-2-15-34-29(36)12-13-30(34)37)20-33(19-21-4-8-24(9-5-21)31(38)39)35-16-14-25-18-26(32)10-11-27(25)35/h6-7,10-11,17-18,21,24H,2-5,8-9,12-16,19-20H2,1H3,(H,38,39). The first-order valence-electron chi connectivity index (χ1n) is 14.3. The van der Waals surface area contributed by atoms with Crippen molar-refractivity contribution >= 4 is 35.1 Å². The van der Waals surface area contributed by atoms with Crippen LogP contribution in [0.5, 0.6) is 5.75 Å². The van der Waals surface area contributed by atoms with Crippen LogP contribution in [0.2, 0.25) is 5.02 Å². The molecule has 0 bridgehead atoms. The zero-order valence-electron chi connectivity index (χ0n) is 23.1. The van der Waals surface area contributed by atoms with Crippen molar-refractivity contribution in [2.24, 2.45) is 11.8 Å². The van der Waals surface area contributed by atoms with Crippen molar-refractivity contribution in [1.82, 2.24) is 9.91 Å². The Morgan fingerprint density at radius 2 is 1.80 bits per heavy atom. The summed E-state index contributed by atoms with van der Waals surface area (Å²) >= 11 is 6.28. The zero-order chi connectivity index (χ0) is 28.2. The van der Waals surface area contributed by atoms with Crippen molar-refractivity contribution in [2.75, 3.05) is 31.8 Å². The van der Waals surface area contributed by atoms with Crippen LogP contribution in [0.4, 0.5) is 5.69 Å². The maximum absolute atomic E-state index is 11.9. The first kappa shape index (κ1) is 28.4. The Balaban J connectivity index is 1.29. The Morgan fingerprint density at radius 1 is 1.05 bits per heavy atom. The summed E-state index contributed by atoms with van der Waals surface area (Å²) in [4.78, 5) is 36.7. The van der Waals surface area contributed by atoms with Crippen LogP contribution in [-0.4, -0.2) is 59.5 Å². The van der Waals surface area contributed by atoms with Crippen molar-refractivity contribution in [2.45, 2.75) is 64.3 Å². The number of carbonyl (C=O) groups excluding carboxylic acids is 2. The van der Waals surface area contributed by atoms with Gasteiger partial charge in [0.25, 0.3) is 0 Å². The van der Waals surface area contributed by atoms with E-state index in [0.717, 1.165) is 73.5 Å². The van der Waals surface area contributed by atoms with Crippen LogP contribution in [0.25, 0.3) is 0 Å².